The Hall–Kier alpha value is -2.55. The highest BCUT2D eigenvalue weighted by Crippen LogP contribution is 2.39. The predicted molar refractivity (Wildman–Crippen MR) is 152 cm³/mol. The molecule has 0 bridgehead atoms. The first kappa shape index (κ1) is 30.4. The van der Waals surface area contributed by atoms with E-state index in [1.54, 1.807) is 18.2 Å². The molecule has 0 aliphatic carbocycles. The number of likely N-dealkylation sites (tertiary alicyclic amines) is 1. The molecule has 4 rings (SSSR count). The summed E-state index contributed by atoms with van der Waals surface area (Å²) in [7, 11) is 1.33. The average molecular weight is 576 g/mol. The van der Waals surface area contributed by atoms with Crippen LogP contribution in [0.3, 0.4) is 0 Å². The second-order valence-electron chi connectivity index (χ2n) is 12.2. The van der Waals surface area contributed by atoms with Gasteiger partial charge in [0.15, 0.2) is 0 Å². The van der Waals surface area contributed by atoms with E-state index in [9.17, 15) is 14.0 Å². The van der Waals surface area contributed by atoms with E-state index in [0.29, 0.717) is 48.9 Å². The van der Waals surface area contributed by atoms with Crippen molar-refractivity contribution in [3.05, 3.63) is 69.7 Å². The summed E-state index contributed by atoms with van der Waals surface area (Å²) in [6, 6.07) is 8.81. The van der Waals surface area contributed by atoms with Crippen molar-refractivity contribution in [2.24, 2.45) is 5.92 Å². The van der Waals surface area contributed by atoms with Crippen LogP contribution >= 0.6 is 11.6 Å². The topological polar surface area (TPSA) is 53.1 Å². The largest absolute Gasteiger partial charge is 0.468 e. The number of amides is 1. The van der Waals surface area contributed by atoms with Gasteiger partial charge in [0.05, 0.1) is 13.0 Å². The molecule has 40 heavy (non-hydrogen) atoms. The number of nitrogens with zero attached hydrogens (tertiary/aromatic N) is 3. The molecule has 2 aromatic carbocycles. The molecule has 2 heterocycles. The summed E-state index contributed by atoms with van der Waals surface area (Å²) in [4.78, 5) is 32.9. The van der Waals surface area contributed by atoms with Gasteiger partial charge in [0.25, 0.3) is 0 Å². The number of hydrogen-bond acceptors (Lipinski definition) is 5. The summed E-state index contributed by atoms with van der Waals surface area (Å²) in [5.74, 6) is -1.91. The zero-order valence-corrected chi connectivity index (χ0v) is 25.0. The Morgan fingerprint density at radius 2 is 1.77 bits per heavy atom. The SMILES string of the molecule is COC(=O)[C@H](Cc1ccc(C)cc1F)N1CCN(C(=O)[C@@H]2CN(C(C)(C)C)C[C@H]2c2ccc(Cl)cc2F)[C@@H](C)C1. The van der Waals surface area contributed by atoms with Crippen LogP contribution in [0.25, 0.3) is 0 Å². The third-order valence-electron chi connectivity index (χ3n) is 8.43. The molecule has 9 heteroatoms. The molecule has 2 aliphatic rings. The lowest BCUT2D eigenvalue weighted by molar-refractivity contribution is -0.150. The van der Waals surface area contributed by atoms with Crippen LogP contribution in [0.2, 0.25) is 5.02 Å². The standard InChI is InChI=1S/C31H40ClF2N3O3/c1-19-7-8-21(26(33)13-19)14-28(30(39)40-6)35-11-12-37(20(2)16-35)29(38)25-18-36(31(3,4)5)17-24(25)23-10-9-22(32)15-27(23)34/h7-10,13,15,20,24-25,28H,11-12,14,16-18H2,1-6H3/t20-,24-,25+,28-/m0/s1. The molecule has 4 atom stereocenters. The minimum atomic E-state index is -0.666. The van der Waals surface area contributed by atoms with Gasteiger partial charge in [-0.15, -0.1) is 0 Å². The van der Waals surface area contributed by atoms with E-state index in [1.807, 2.05) is 29.7 Å². The van der Waals surface area contributed by atoms with Crippen molar-refractivity contribution in [1.29, 1.82) is 0 Å². The van der Waals surface area contributed by atoms with E-state index < -0.39 is 23.7 Å². The Morgan fingerprint density at radius 1 is 1.05 bits per heavy atom. The fraction of sp³-hybridized carbons (Fsp3) is 0.548. The lowest BCUT2D eigenvalue weighted by atomic mass is 9.87. The molecular formula is C31H40ClF2N3O3. The second-order valence-corrected chi connectivity index (χ2v) is 12.6. The average Bonchev–Trinajstić information content (AvgIpc) is 3.33. The predicted octanol–water partition coefficient (Wildman–Crippen LogP) is 5.06. The first-order chi connectivity index (χ1) is 18.8. The third kappa shape index (κ3) is 6.50. The number of halogens is 3. The van der Waals surface area contributed by atoms with Gasteiger partial charge in [0.2, 0.25) is 5.91 Å². The molecule has 0 N–H and O–H groups in total. The number of piperazine rings is 1. The zero-order valence-electron chi connectivity index (χ0n) is 24.2. The normalized spacial score (nSPS) is 23.3. The maximum Gasteiger partial charge on any atom is 0.323 e. The monoisotopic (exact) mass is 575 g/mol. The van der Waals surface area contributed by atoms with Crippen LogP contribution in [-0.2, 0) is 20.7 Å². The number of ether oxygens (including phenoxy) is 1. The molecule has 0 saturated carbocycles. The number of esters is 1. The van der Waals surface area contributed by atoms with Gasteiger partial charge in [-0.2, -0.15) is 0 Å². The van der Waals surface area contributed by atoms with Gasteiger partial charge >= 0.3 is 5.97 Å². The number of hydrogen-bond donors (Lipinski definition) is 0. The van der Waals surface area contributed by atoms with Crippen molar-refractivity contribution in [1.82, 2.24) is 14.7 Å². The van der Waals surface area contributed by atoms with Crippen LogP contribution in [0.5, 0.6) is 0 Å². The van der Waals surface area contributed by atoms with Crippen LogP contribution < -0.4 is 0 Å². The van der Waals surface area contributed by atoms with Crippen molar-refractivity contribution >= 4 is 23.5 Å². The van der Waals surface area contributed by atoms with E-state index in [4.69, 9.17) is 16.3 Å². The van der Waals surface area contributed by atoms with Crippen LogP contribution in [0, 0.1) is 24.5 Å². The molecule has 0 radical (unpaired) electrons. The van der Waals surface area contributed by atoms with Gasteiger partial charge in [-0.3, -0.25) is 19.4 Å². The molecule has 218 valence electrons. The van der Waals surface area contributed by atoms with Gasteiger partial charge < -0.3 is 9.64 Å². The van der Waals surface area contributed by atoms with Gasteiger partial charge in [-0.25, -0.2) is 8.78 Å². The molecule has 2 fully saturated rings. The number of benzene rings is 2. The van der Waals surface area contributed by atoms with Gasteiger partial charge in [-0.1, -0.05) is 29.8 Å². The highest BCUT2D eigenvalue weighted by Gasteiger charge is 2.46. The lowest BCUT2D eigenvalue weighted by Crippen LogP contribution is -2.59. The first-order valence-corrected chi connectivity index (χ1v) is 14.2. The Bertz CT molecular complexity index is 1250. The van der Waals surface area contributed by atoms with E-state index in [2.05, 4.69) is 25.7 Å². The summed E-state index contributed by atoms with van der Waals surface area (Å²) in [6.45, 7) is 12.5. The molecule has 1 amide bonds. The maximum atomic E-state index is 15.1. The van der Waals surface area contributed by atoms with Gasteiger partial charge in [-0.05, 0) is 69.5 Å². The smallest absolute Gasteiger partial charge is 0.323 e. The first-order valence-electron chi connectivity index (χ1n) is 13.9. The van der Waals surface area contributed by atoms with Crippen LogP contribution in [0.4, 0.5) is 8.78 Å². The van der Waals surface area contributed by atoms with Crippen LogP contribution in [0.15, 0.2) is 36.4 Å². The fourth-order valence-corrected chi connectivity index (χ4v) is 6.21. The van der Waals surface area contributed by atoms with E-state index in [-0.39, 0.29) is 35.6 Å². The lowest BCUT2D eigenvalue weighted by Gasteiger charge is -2.43. The zero-order chi connectivity index (χ0) is 29.4. The van der Waals surface area contributed by atoms with Gasteiger partial charge in [0.1, 0.15) is 17.7 Å². The maximum absolute atomic E-state index is 15.1. The Morgan fingerprint density at radius 3 is 2.38 bits per heavy atom. The number of rotatable bonds is 6. The van der Waals surface area contributed by atoms with Crippen molar-refractivity contribution in [3.63, 3.8) is 0 Å². The fourth-order valence-electron chi connectivity index (χ4n) is 6.05. The molecule has 0 spiro atoms. The van der Waals surface area contributed by atoms with E-state index >= 15 is 4.39 Å². The van der Waals surface area contributed by atoms with E-state index in [1.165, 1.54) is 19.2 Å². The van der Waals surface area contributed by atoms with Crippen molar-refractivity contribution in [2.75, 3.05) is 39.8 Å². The number of carbonyl (C=O) groups excluding carboxylic acids is 2. The summed E-state index contributed by atoms with van der Waals surface area (Å²) >= 11 is 6.02. The van der Waals surface area contributed by atoms with Crippen LogP contribution in [-0.4, -0.2) is 84.0 Å². The molecule has 2 aliphatic heterocycles. The van der Waals surface area contributed by atoms with Crippen molar-refractivity contribution in [2.45, 2.75) is 64.6 Å². The summed E-state index contributed by atoms with van der Waals surface area (Å²) in [5, 5.41) is 0.324. The highest BCUT2D eigenvalue weighted by atomic mass is 35.5. The minimum Gasteiger partial charge on any atom is -0.468 e. The quantitative estimate of drug-likeness (QED) is 0.451. The van der Waals surface area contributed by atoms with Crippen LogP contribution in [0.1, 0.15) is 50.3 Å². The van der Waals surface area contributed by atoms with Crippen molar-refractivity contribution in [3.8, 4) is 0 Å². The summed E-state index contributed by atoms with van der Waals surface area (Å²) in [6.07, 6.45) is 0.181. The Labute approximate surface area is 241 Å². The highest BCUT2D eigenvalue weighted by molar-refractivity contribution is 6.30. The molecule has 6 nitrogen and oxygen atoms in total. The molecule has 0 unspecified atom stereocenters. The minimum absolute atomic E-state index is 0.0163. The van der Waals surface area contributed by atoms with Crippen molar-refractivity contribution < 1.29 is 23.1 Å². The number of carbonyl (C=O) groups is 2. The summed E-state index contributed by atoms with van der Waals surface area (Å²) < 4.78 is 34.8. The Kier molecular flexibility index (Phi) is 9.22. The third-order valence-corrected chi connectivity index (χ3v) is 8.66. The Balaban J connectivity index is 1.53. The molecule has 2 aromatic rings. The van der Waals surface area contributed by atoms with Gasteiger partial charge in [0, 0.05) is 61.7 Å². The number of aryl methyl sites for hydroxylation is 1. The van der Waals surface area contributed by atoms with E-state index in [0.717, 1.165) is 5.56 Å². The second kappa shape index (κ2) is 12.1. The molecule has 2 saturated heterocycles. The molecule has 0 aromatic heterocycles. The molecular weight excluding hydrogens is 536 g/mol. The summed E-state index contributed by atoms with van der Waals surface area (Å²) in [5.41, 5.74) is 1.59. The number of methoxy groups -OCH3 is 1.